The van der Waals surface area contributed by atoms with Gasteiger partial charge in [0.05, 0.1) is 6.33 Å². The lowest BCUT2D eigenvalue weighted by atomic mass is 10.3. The van der Waals surface area contributed by atoms with E-state index in [2.05, 4.69) is 21.5 Å². The molecule has 0 aliphatic carbocycles. The van der Waals surface area contributed by atoms with Crippen LogP contribution in [-0.2, 0) is 19.5 Å². The third-order valence-electron chi connectivity index (χ3n) is 3.10. The van der Waals surface area contributed by atoms with Crippen LogP contribution >= 0.6 is 0 Å². The number of furan rings is 1. The van der Waals surface area contributed by atoms with Crippen LogP contribution < -0.4 is 0 Å². The zero-order chi connectivity index (χ0) is 13.1. The molecule has 0 radical (unpaired) electrons. The first-order valence-electron chi connectivity index (χ1n) is 6.43. The average Bonchev–Trinajstić information content (AvgIpc) is 3.16. The molecule has 0 fully saturated rings. The Kier molecular flexibility index (Phi) is 3.18. The summed E-state index contributed by atoms with van der Waals surface area (Å²) in [5.41, 5.74) is 0. The molecular formula is C14H16N4O. The summed E-state index contributed by atoms with van der Waals surface area (Å²) in [4.78, 5) is 8.42. The minimum absolute atomic E-state index is 0.826. The van der Waals surface area contributed by atoms with Crippen LogP contribution in [0.3, 0.4) is 0 Å². The minimum atomic E-state index is 0.826. The summed E-state index contributed by atoms with van der Waals surface area (Å²) in [6.45, 7) is 3.78. The fraction of sp³-hybridized carbons (Fsp3) is 0.286. The first-order valence-corrected chi connectivity index (χ1v) is 6.43. The normalized spacial score (nSPS) is 11.0. The first kappa shape index (κ1) is 11.8. The molecule has 0 spiro atoms. The molecule has 3 heterocycles. The molecule has 0 saturated heterocycles. The fourth-order valence-electron chi connectivity index (χ4n) is 2.05. The van der Waals surface area contributed by atoms with Gasteiger partial charge in [-0.3, -0.25) is 0 Å². The maximum Gasteiger partial charge on any atom is 0.176 e. The molecule has 0 aliphatic rings. The summed E-state index contributed by atoms with van der Waals surface area (Å²) in [5.74, 6) is 2.69. The van der Waals surface area contributed by atoms with Gasteiger partial charge in [-0.25, -0.2) is 9.97 Å². The molecule has 19 heavy (non-hydrogen) atoms. The molecule has 0 N–H and O–H groups in total. The Hall–Kier alpha value is -2.30. The van der Waals surface area contributed by atoms with Crippen molar-refractivity contribution in [3.8, 4) is 11.6 Å². The van der Waals surface area contributed by atoms with Crippen LogP contribution in [0.25, 0.3) is 11.6 Å². The van der Waals surface area contributed by atoms with Gasteiger partial charge in [0.2, 0.25) is 0 Å². The van der Waals surface area contributed by atoms with Gasteiger partial charge < -0.3 is 13.6 Å². The molecule has 5 nitrogen and oxygen atoms in total. The molecular weight excluding hydrogens is 240 g/mol. The molecule has 3 aromatic heterocycles. The van der Waals surface area contributed by atoms with Gasteiger partial charge in [0, 0.05) is 44.3 Å². The van der Waals surface area contributed by atoms with E-state index in [1.54, 1.807) is 12.4 Å². The summed E-state index contributed by atoms with van der Waals surface area (Å²) in [6, 6.07) is 3.99. The van der Waals surface area contributed by atoms with Gasteiger partial charge in [0.1, 0.15) is 5.76 Å². The second kappa shape index (κ2) is 5.14. The second-order valence-corrected chi connectivity index (χ2v) is 4.36. The molecule has 0 bridgehead atoms. The highest BCUT2D eigenvalue weighted by Gasteiger charge is 2.10. The van der Waals surface area contributed by atoms with Crippen molar-refractivity contribution in [1.29, 1.82) is 0 Å². The highest BCUT2D eigenvalue weighted by molar-refractivity contribution is 5.47. The number of hydrogen-bond donors (Lipinski definition) is 0. The SMILES string of the molecule is CCc1ccc(-c2nccn2CCn2ccnc2)o1. The molecule has 5 heteroatoms. The monoisotopic (exact) mass is 256 g/mol. The number of aryl methyl sites for hydroxylation is 3. The van der Waals surface area contributed by atoms with Crippen LogP contribution in [0.5, 0.6) is 0 Å². The Morgan fingerprint density at radius 2 is 2.11 bits per heavy atom. The standard InChI is InChI=1S/C14H16N4O/c1-2-12-3-4-13(19-12)14-16-6-8-18(14)10-9-17-7-5-15-11-17/h3-8,11H,2,9-10H2,1H3. The van der Waals surface area contributed by atoms with E-state index < -0.39 is 0 Å². The zero-order valence-corrected chi connectivity index (χ0v) is 10.9. The van der Waals surface area contributed by atoms with Crippen LogP contribution in [0.1, 0.15) is 12.7 Å². The lowest BCUT2D eigenvalue weighted by Crippen LogP contribution is -2.06. The maximum absolute atomic E-state index is 5.75. The van der Waals surface area contributed by atoms with Gasteiger partial charge in [-0.2, -0.15) is 0 Å². The minimum Gasteiger partial charge on any atom is -0.458 e. The van der Waals surface area contributed by atoms with Crippen molar-refractivity contribution in [2.45, 2.75) is 26.4 Å². The van der Waals surface area contributed by atoms with Crippen LogP contribution in [-0.4, -0.2) is 19.1 Å². The van der Waals surface area contributed by atoms with E-state index in [1.807, 2.05) is 35.4 Å². The fourth-order valence-corrected chi connectivity index (χ4v) is 2.05. The molecule has 0 atom stereocenters. The number of nitrogens with zero attached hydrogens (tertiary/aromatic N) is 4. The van der Waals surface area contributed by atoms with E-state index in [-0.39, 0.29) is 0 Å². The molecule has 0 amide bonds. The Morgan fingerprint density at radius 3 is 2.84 bits per heavy atom. The molecule has 0 unspecified atom stereocenters. The van der Waals surface area contributed by atoms with Crippen LogP contribution in [0.15, 0.2) is 47.7 Å². The quantitative estimate of drug-likeness (QED) is 0.705. The lowest BCUT2D eigenvalue weighted by Gasteiger charge is -2.06. The van der Waals surface area contributed by atoms with E-state index in [9.17, 15) is 0 Å². The van der Waals surface area contributed by atoms with Crippen molar-refractivity contribution in [3.05, 3.63) is 49.0 Å². The van der Waals surface area contributed by atoms with Crippen molar-refractivity contribution in [2.24, 2.45) is 0 Å². The average molecular weight is 256 g/mol. The summed E-state index contributed by atoms with van der Waals surface area (Å²) in [5, 5.41) is 0. The molecule has 3 aromatic rings. The van der Waals surface area contributed by atoms with Crippen molar-refractivity contribution >= 4 is 0 Å². The summed E-state index contributed by atoms with van der Waals surface area (Å²) >= 11 is 0. The van der Waals surface area contributed by atoms with Crippen molar-refractivity contribution in [1.82, 2.24) is 19.1 Å². The lowest BCUT2D eigenvalue weighted by molar-refractivity contribution is 0.515. The van der Waals surface area contributed by atoms with Gasteiger partial charge in [0.25, 0.3) is 0 Å². The third kappa shape index (κ3) is 2.45. The Balaban J connectivity index is 1.78. The van der Waals surface area contributed by atoms with Crippen molar-refractivity contribution in [3.63, 3.8) is 0 Å². The first-order chi connectivity index (χ1) is 9.36. The predicted molar refractivity (Wildman–Crippen MR) is 71.5 cm³/mol. The van der Waals surface area contributed by atoms with Crippen molar-refractivity contribution < 1.29 is 4.42 Å². The Morgan fingerprint density at radius 1 is 1.16 bits per heavy atom. The van der Waals surface area contributed by atoms with E-state index in [4.69, 9.17) is 4.42 Å². The number of aromatic nitrogens is 4. The smallest absolute Gasteiger partial charge is 0.176 e. The highest BCUT2D eigenvalue weighted by Crippen LogP contribution is 2.20. The molecule has 3 rings (SSSR count). The number of rotatable bonds is 5. The van der Waals surface area contributed by atoms with Gasteiger partial charge in [-0.15, -0.1) is 0 Å². The third-order valence-corrected chi connectivity index (χ3v) is 3.10. The van der Waals surface area contributed by atoms with Gasteiger partial charge in [-0.1, -0.05) is 6.92 Å². The van der Waals surface area contributed by atoms with E-state index in [0.717, 1.165) is 36.9 Å². The summed E-state index contributed by atoms with van der Waals surface area (Å²) in [7, 11) is 0. The topological polar surface area (TPSA) is 48.8 Å². The largest absolute Gasteiger partial charge is 0.458 e. The summed E-state index contributed by atoms with van der Waals surface area (Å²) < 4.78 is 9.89. The van der Waals surface area contributed by atoms with Gasteiger partial charge in [0.15, 0.2) is 11.6 Å². The molecule has 0 aliphatic heterocycles. The van der Waals surface area contributed by atoms with Crippen LogP contribution in [0.4, 0.5) is 0 Å². The maximum atomic E-state index is 5.75. The molecule has 0 saturated carbocycles. The van der Waals surface area contributed by atoms with E-state index in [0.29, 0.717) is 0 Å². The second-order valence-electron chi connectivity index (χ2n) is 4.36. The van der Waals surface area contributed by atoms with Crippen molar-refractivity contribution in [2.75, 3.05) is 0 Å². The Labute approximate surface area is 111 Å². The Bertz CT molecular complexity index is 636. The van der Waals surface area contributed by atoms with E-state index >= 15 is 0 Å². The van der Waals surface area contributed by atoms with Gasteiger partial charge in [-0.05, 0) is 12.1 Å². The molecule has 0 aromatic carbocycles. The summed E-state index contributed by atoms with van der Waals surface area (Å²) in [6.07, 6.45) is 10.2. The van der Waals surface area contributed by atoms with Crippen LogP contribution in [0, 0.1) is 0 Å². The highest BCUT2D eigenvalue weighted by atomic mass is 16.3. The predicted octanol–water partition coefficient (Wildman–Crippen LogP) is 2.60. The molecule has 98 valence electrons. The number of hydrogen-bond acceptors (Lipinski definition) is 3. The number of imidazole rings is 2. The van der Waals surface area contributed by atoms with E-state index in [1.165, 1.54) is 0 Å². The zero-order valence-electron chi connectivity index (χ0n) is 10.9. The van der Waals surface area contributed by atoms with Gasteiger partial charge >= 0.3 is 0 Å². The van der Waals surface area contributed by atoms with Crippen LogP contribution in [0.2, 0.25) is 0 Å².